The molecule has 0 aliphatic heterocycles. The number of benzene rings is 8. The number of ether oxygens (including phenoxy) is 13. The maximum Gasteiger partial charge on any atom is 0.344 e. The lowest BCUT2D eigenvalue weighted by Crippen LogP contribution is -2.27. The fourth-order valence-electron chi connectivity index (χ4n) is 10.9. The van der Waals surface area contributed by atoms with E-state index in [0.717, 1.165) is 21.6 Å². The van der Waals surface area contributed by atoms with E-state index in [0.29, 0.717) is 78.4 Å². The van der Waals surface area contributed by atoms with E-state index in [2.05, 4.69) is 0 Å². The second kappa shape index (κ2) is 34.2. The molecule has 0 saturated heterocycles. The van der Waals surface area contributed by atoms with Crippen molar-refractivity contribution in [3.05, 3.63) is 158 Å². The lowest BCUT2D eigenvalue weighted by atomic mass is 9.93. The topological polar surface area (TPSA) is 222 Å². The normalized spacial score (nSPS) is 11.9. The number of methoxy groups -OCH3 is 1. The molecular formula is C86H98O19S. The summed E-state index contributed by atoms with van der Waals surface area (Å²) < 4.78 is 78.0. The number of hydrogen-bond acceptors (Lipinski definition) is 20. The number of thioether (sulfide) groups is 1. The van der Waals surface area contributed by atoms with Crippen molar-refractivity contribution in [2.45, 2.75) is 163 Å². The van der Waals surface area contributed by atoms with Crippen molar-refractivity contribution in [3.63, 3.8) is 0 Å². The maximum atomic E-state index is 13.6. The predicted molar refractivity (Wildman–Crippen MR) is 411 cm³/mol. The average Bonchev–Trinajstić information content (AvgIpc) is 0.786. The molecule has 0 atom stereocenters. The number of carbonyl (C=O) groups excluding carboxylic acids is 6. The molecular weight excluding hydrogens is 1370 g/mol. The van der Waals surface area contributed by atoms with Gasteiger partial charge in [0.25, 0.3) is 0 Å². The van der Waals surface area contributed by atoms with Crippen LogP contribution in [0.5, 0.6) is 40.2 Å². The first-order valence-electron chi connectivity index (χ1n) is 34.8. The third kappa shape index (κ3) is 24.8. The molecule has 8 aromatic rings. The fraction of sp³-hybridized carbons (Fsp3) is 0.372. The Morgan fingerprint density at radius 1 is 0.255 bits per heavy atom. The molecule has 0 aliphatic rings. The molecule has 19 nitrogen and oxygen atoms in total. The van der Waals surface area contributed by atoms with Crippen molar-refractivity contribution in [1.82, 2.24) is 0 Å². The smallest absolute Gasteiger partial charge is 0.344 e. The van der Waals surface area contributed by atoms with E-state index in [9.17, 15) is 28.8 Å². The molecule has 0 amide bonds. The monoisotopic (exact) mass is 1470 g/mol. The van der Waals surface area contributed by atoms with Crippen molar-refractivity contribution < 1.29 is 90.3 Å². The van der Waals surface area contributed by atoms with Gasteiger partial charge in [0.1, 0.15) is 73.9 Å². The van der Waals surface area contributed by atoms with Crippen LogP contribution in [0.1, 0.15) is 125 Å². The molecule has 562 valence electrons. The minimum Gasteiger partial charge on any atom is -0.497 e. The van der Waals surface area contributed by atoms with Crippen molar-refractivity contribution in [2.24, 2.45) is 0 Å². The predicted octanol–water partition coefficient (Wildman–Crippen LogP) is 18.4. The van der Waals surface area contributed by atoms with Gasteiger partial charge in [0.05, 0.1) is 7.11 Å². The summed E-state index contributed by atoms with van der Waals surface area (Å²) in [6, 6.07) is 48.3. The van der Waals surface area contributed by atoms with Gasteiger partial charge in [0, 0.05) is 38.3 Å². The van der Waals surface area contributed by atoms with Crippen molar-refractivity contribution in [1.29, 1.82) is 0 Å². The van der Waals surface area contributed by atoms with Crippen LogP contribution in [0.2, 0.25) is 0 Å². The Morgan fingerprint density at radius 2 is 0.434 bits per heavy atom. The Bertz CT molecular complexity index is 4170. The first-order chi connectivity index (χ1) is 49.6. The van der Waals surface area contributed by atoms with Crippen LogP contribution in [0.4, 0.5) is 0 Å². The SMILES string of the molecule is COc1ccc(-c2ccc(-c3ccc(-c4ccc(-c5ccc(-c6ccc(-c7ccc(-c8ccc(SC)cc8)c(OCC(=O)OC(C)(C)C)c7)cc6OCC(=O)OC(C)(C)C)c(OCC(=O)OC(C)(C)C)c5)cc4OCC(=O)OC(C)(C)C)c(OCC(=O)OC(C)(C)C)c3)cc2OCC(=O)OC(C)(C)C)cc1. The Kier molecular flexibility index (Phi) is 26.2. The third-order valence-electron chi connectivity index (χ3n) is 14.9. The van der Waals surface area contributed by atoms with E-state index in [1.54, 1.807) is 192 Å². The number of carbonyl (C=O) groups is 6. The Morgan fingerprint density at radius 3 is 0.623 bits per heavy atom. The van der Waals surface area contributed by atoms with Gasteiger partial charge in [0.2, 0.25) is 0 Å². The highest BCUT2D eigenvalue weighted by Gasteiger charge is 2.27. The van der Waals surface area contributed by atoms with Crippen LogP contribution in [-0.4, -0.2) is 122 Å². The summed E-state index contributed by atoms with van der Waals surface area (Å²) in [5, 5.41) is 0. The summed E-state index contributed by atoms with van der Waals surface area (Å²) in [6.45, 7) is 29.0. The number of hydrogen-bond donors (Lipinski definition) is 0. The van der Waals surface area contributed by atoms with E-state index in [-0.39, 0.29) is 36.2 Å². The van der Waals surface area contributed by atoms with Crippen molar-refractivity contribution in [2.75, 3.05) is 53.0 Å². The molecule has 0 aliphatic carbocycles. The third-order valence-corrected chi connectivity index (χ3v) is 15.6. The number of esters is 6. The van der Waals surface area contributed by atoms with E-state index >= 15 is 0 Å². The van der Waals surface area contributed by atoms with Crippen LogP contribution >= 0.6 is 11.8 Å². The Hall–Kier alpha value is -10.5. The highest BCUT2D eigenvalue weighted by atomic mass is 32.2. The van der Waals surface area contributed by atoms with Gasteiger partial charge in [-0.1, -0.05) is 72.8 Å². The van der Waals surface area contributed by atoms with E-state index in [1.807, 2.05) is 115 Å². The maximum absolute atomic E-state index is 13.6. The zero-order valence-corrected chi connectivity index (χ0v) is 65.2. The van der Waals surface area contributed by atoms with E-state index in [4.69, 9.17) is 61.6 Å². The molecule has 0 spiro atoms. The van der Waals surface area contributed by atoms with Gasteiger partial charge in [-0.25, -0.2) is 28.8 Å². The largest absolute Gasteiger partial charge is 0.497 e. The molecule has 0 saturated carbocycles. The molecule has 106 heavy (non-hydrogen) atoms. The minimum atomic E-state index is -0.856. The Labute approximate surface area is 626 Å². The van der Waals surface area contributed by atoms with Crippen LogP contribution < -0.4 is 33.2 Å². The average molecular weight is 1470 g/mol. The highest BCUT2D eigenvalue weighted by molar-refractivity contribution is 7.98. The first-order valence-corrected chi connectivity index (χ1v) is 36.0. The molecule has 0 bridgehead atoms. The van der Waals surface area contributed by atoms with Crippen LogP contribution in [-0.2, 0) is 57.2 Å². The Balaban J connectivity index is 1.27. The lowest BCUT2D eigenvalue weighted by molar-refractivity contribution is -0.158. The van der Waals surface area contributed by atoms with Gasteiger partial charge in [-0.2, -0.15) is 0 Å². The van der Waals surface area contributed by atoms with Crippen molar-refractivity contribution in [3.8, 4) is 118 Å². The van der Waals surface area contributed by atoms with Gasteiger partial charge in [-0.05, 0) is 260 Å². The van der Waals surface area contributed by atoms with Crippen LogP contribution in [0.15, 0.2) is 163 Å². The molecule has 0 N–H and O–H groups in total. The second-order valence-electron chi connectivity index (χ2n) is 31.0. The lowest BCUT2D eigenvalue weighted by Gasteiger charge is -2.22. The minimum absolute atomic E-state index is 0.202. The quantitative estimate of drug-likeness (QED) is 0.0265. The molecule has 0 aromatic heterocycles. The molecule has 0 heterocycles. The van der Waals surface area contributed by atoms with Gasteiger partial charge < -0.3 is 61.6 Å². The van der Waals surface area contributed by atoms with Crippen LogP contribution in [0.3, 0.4) is 0 Å². The van der Waals surface area contributed by atoms with Gasteiger partial charge in [-0.15, -0.1) is 11.8 Å². The molecule has 0 fully saturated rings. The molecule has 8 rings (SSSR count). The highest BCUT2D eigenvalue weighted by Crippen LogP contribution is 2.46. The van der Waals surface area contributed by atoms with Gasteiger partial charge >= 0.3 is 35.8 Å². The van der Waals surface area contributed by atoms with Crippen molar-refractivity contribution >= 4 is 47.6 Å². The summed E-state index contributed by atoms with van der Waals surface area (Å²) in [4.78, 5) is 81.6. The van der Waals surface area contributed by atoms with Gasteiger partial charge in [-0.3, -0.25) is 0 Å². The number of rotatable bonds is 27. The molecule has 0 unspecified atom stereocenters. The zero-order valence-electron chi connectivity index (χ0n) is 64.4. The summed E-state index contributed by atoms with van der Waals surface area (Å²) >= 11 is 1.62. The van der Waals surface area contributed by atoms with Crippen LogP contribution in [0.25, 0.3) is 77.9 Å². The standard InChI is InChI=1S/C86H98O19S/c1-81(2,3)100-75(87)47-94-69-41-55(25-35-63(69)53-21-31-61(93-19)32-22-53)57-27-37-65(71(43-57)96-49-77(89)102-83(7,8)9)67-39-29-59(45-73(67)98-51-79(91)104-85(13,14)15)60-30-40-68(74(46-60)99-52-80(92)105-86(16,17)18)66-38-28-58(44-72(66)97-50-78(90)103-84(10,11)12)56-26-36-64(54-23-33-62(106-20)34-24-54)70(42-56)95-48-76(88)101-82(4,5)6/h21-46H,47-52H2,1-20H3. The summed E-state index contributed by atoms with van der Waals surface area (Å²) in [6.07, 6.45) is 2.00. The first kappa shape index (κ1) is 81.2. The zero-order chi connectivity index (χ0) is 77.7. The van der Waals surface area contributed by atoms with Crippen LogP contribution in [0, 0.1) is 0 Å². The molecule has 20 heteroatoms. The van der Waals surface area contributed by atoms with E-state index < -0.39 is 95.8 Å². The summed E-state index contributed by atoms with van der Waals surface area (Å²) in [7, 11) is 1.58. The fourth-order valence-corrected chi connectivity index (χ4v) is 11.3. The molecule has 8 aromatic carbocycles. The summed E-state index contributed by atoms with van der Waals surface area (Å²) in [5.74, 6) is -1.35. The second-order valence-corrected chi connectivity index (χ2v) is 31.9. The summed E-state index contributed by atoms with van der Waals surface area (Å²) in [5.41, 5.74) is 3.72. The van der Waals surface area contributed by atoms with Gasteiger partial charge in [0.15, 0.2) is 39.6 Å². The van der Waals surface area contributed by atoms with E-state index in [1.165, 1.54) is 0 Å². The molecule has 0 radical (unpaired) electrons.